The normalized spacial score (nSPS) is 28.5. The van der Waals surface area contributed by atoms with Crippen LogP contribution in [-0.4, -0.2) is 19.5 Å². The molecule has 3 atom stereocenters. The van der Waals surface area contributed by atoms with Crippen molar-refractivity contribution in [3.63, 3.8) is 0 Å². The Hall–Kier alpha value is -1.48. The average Bonchev–Trinajstić information content (AvgIpc) is 3.31. The van der Waals surface area contributed by atoms with Crippen molar-refractivity contribution in [2.45, 2.75) is 83.7 Å². The summed E-state index contributed by atoms with van der Waals surface area (Å²) in [6.45, 7) is 13.8. The zero-order valence-corrected chi connectivity index (χ0v) is 19.4. The number of hydrogen-bond acceptors (Lipinski definition) is 1. The SMILES string of the molecule is CCC1=Cc2cc(C(C)(C)C)cc(C3(C(N)=O)C(=[Si](C)C)C4CCC3C4)c2C1. The van der Waals surface area contributed by atoms with E-state index in [2.05, 4.69) is 59.0 Å². The van der Waals surface area contributed by atoms with Crippen molar-refractivity contribution in [1.29, 1.82) is 0 Å². The van der Waals surface area contributed by atoms with Gasteiger partial charge in [0.15, 0.2) is 0 Å². The highest BCUT2D eigenvalue weighted by molar-refractivity contribution is 6.72. The zero-order valence-electron chi connectivity index (χ0n) is 18.4. The molecule has 3 unspecified atom stereocenters. The van der Waals surface area contributed by atoms with Crippen molar-refractivity contribution in [2.75, 3.05) is 0 Å². The van der Waals surface area contributed by atoms with Gasteiger partial charge in [0, 0.05) is 8.41 Å². The highest BCUT2D eigenvalue weighted by Crippen LogP contribution is 2.57. The molecule has 0 radical (unpaired) electrons. The standard InChI is InChI=1S/C25H35NOSi/c1-7-15-10-17-13-19(24(2,3)4)14-21(20(17)11-15)25(23(26)27)18-9-8-16(12-18)22(25)28(5)6/h10,13-14,16,18H,7-9,11-12H2,1-6H3,(H2,26,27). The van der Waals surface area contributed by atoms with E-state index >= 15 is 0 Å². The van der Waals surface area contributed by atoms with Crippen LogP contribution in [0.4, 0.5) is 0 Å². The van der Waals surface area contributed by atoms with E-state index in [1.54, 1.807) is 0 Å². The van der Waals surface area contributed by atoms with Crippen LogP contribution in [0.5, 0.6) is 0 Å². The molecule has 0 heterocycles. The van der Waals surface area contributed by atoms with E-state index in [1.807, 2.05) is 0 Å². The number of benzene rings is 1. The number of allylic oxidation sites excluding steroid dienone is 1. The molecule has 2 N–H and O–H groups in total. The molecule has 2 fully saturated rings. The van der Waals surface area contributed by atoms with Gasteiger partial charge in [0.25, 0.3) is 0 Å². The minimum atomic E-state index is -0.724. The molecule has 2 saturated carbocycles. The highest BCUT2D eigenvalue weighted by Gasteiger charge is 2.60. The molecule has 1 aromatic rings. The largest absolute Gasteiger partial charge is 0.369 e. The van der Waals surface area contributed by atoms with Crippen molar-refractivity contribution in [3.05, 3.63) is 40.0 Å². The lowest BCUT2D eigenvalue weighted by Crippen LogP contribution is -2.54. The smallest absolute Gasteiger partial charge is 0.232 e. The van der Waals surface area contributed by atoms with E-state index < -0.39 is 13.8 Å². The Kier molecular flexibility index (Phi) is 4.61. The summed E-state index contributed by atoms with van der Waals surface area (Å²) in [7, 11) is -0.724. The molecule has 1 aromatic carbocycles. The fraction of sp³-hybridized carbons (Fsp3) is 0.600. The number of rotatable bonds is 3. The molecule has 28 heavy (non-hydrogen) atoms. The summed E-state index contributed by atoms with van der Waals surface area (Å²) in [5.41, 5.74) is 12.7. The maximum Gasteiger partial charge on any atom is 0.232 e. The predicted molar refractivity (Wildman–Crippen MR) is 121 cm³/mol. The molecule has 0 saturated heterocycles. The summed E-state index contributed by atoms with van der Waals surface area (Å²) in [5.74, 6) is 0.921. The number of nitrogens with two attached hydrogens (primary N) is 1. The van der Waals surface area contributed by atoms with Gasteiger partial charge < -0.3 is 5.73 Å². The van der Waals surface area contributed by atoms with Gasteiger partial charge >= 0.3 is 0 Å². The summed E-state index contributed by atoms with van der Waals surface area (Å²) >= 11 is 0. The maximum atomic E-state index is 13.3. The van der Waals surface area contributed by atoms with E-state index in [0.717, 1.165) is 25.7 Å². The quantitative estimate of drug-likeness (QED) is 0.722. The van der Waals surface area contributed by atoms with Gasteiger partial charge in [-0.1, -0.05) is 69.7 Å². The van der Waals surface area contributed by atoms with E-state index in [-0.39, 0.29) is 11.3 Å². The predicted octanol–water partition coefficient (Wildman–Crippen LogP) is 5.00. The molecular weight excluding hydrogens is 358 g/mol. The monoisotopic (exact) mass is 393 g/mol. The summed E-state index contributed by atoms with van der Waals surface area (Å²) in [6.07, 6.45) is 8.00. The van der Waals surface area contributed by atoms with E-state index in [4.69, 9.17) is 5.73 Å². The third-order valence-electron chi connectivity index (χ3n) is 7.60. The van der Waals surface area contributed by atoms with Crippen molar-refractivity contribution < 1.29 is 4.79 Å². The molecule has 3 aliphatic rings. The fourth-order valence-corrected chi connectivity index (χ4v) is 8.67. The summed E-state index contributed by atoms with van der Waals surface area (Å²) in [5, 5.41) is 1.53. The van der Waals surface area contributed by atoms with Gasteiger partial charge in [0.1, 0.15) is 0 Å². The molecule has 150 valence electrons. The molecule has 2 nitrogen and oxygen atoms in total. The molecular formula is C25H35NOSi. The average molecular weight is 394 g/mol. The molecule has 3 aliphatic carbocycles. The van der Waals surface area contributed by atoms with Crippen LogP contribution in [0.15, 0.2) is 17.7 Å². The van der Waals surface area contributed by atoms with Crippen LogP contribution >= 0.6 is 0 Å². The maximum absolute atomic E-state index is 13.3. The topological polar surface area (TPSA) is 43.1 Å². The van der Waals surface area contributed by atoms with Crippen LogP contribution in [0.2, 0.25) is 13.1 Å². The number of primary amides is 1. The lowest BCUT2D eigenvalue weighted by atomic mass is 9.65. The number of amides is 1. The van der Waals surface area contributed by atoms with Gasteiger partial charge in [-0.05, 0) is 71.6 Å². The Morgan fingerprint density at radius 3 is 2.54 bits per heavy atom. The van der Waals surface area contributed by atoms with Crippen molar-refractivity contribution in [1.82, 2.24) is 0 Å². The number of hydrogen-bond donors (Lipinski definition) is 1. The first-order valence-electron chi connectivity index (χ1n) is 11.0. The number of fused-ring (bicyclic) bond motifs is 3. The van der Waals surface area contributed by atoms with Crippen LogP contribution in [0, 0.1) is 11.8 Å². The minimum Gasteiger partial charge on any atom is -0.369 e. The molecule has 0 aliphatic heterocycles. The second-order valence-corrected chi connectivity index (χ2v) is 13.0. The molecule has 0 aromatic heterocycles. The van der Waals surface area contributed by atoms with Crippen LogP contribution in [-0.2, 0) is 22.0 Å². The summed E-state index contributed by atoms with van der Waals surface area (Å²) in [6, 6.07) is 4.74. The van der Waals surface area contributed by atoms with Crippen molar-refractivity contribution >= 4 is 25.6 Å². The van der Waals surface area contributed by atoms with Gasteiger partial charge in [-0.15, -0.1) is 0 Å². The molecule has 1 amide bonds. The van der Waals surface area contributed by atoms with Crippen LogP contribution in [0.3, 0.4) is 0 Å². The molecule has 3 heteroatoms. The second kappa shape index (κ2) is 6.52. The minimum absolute atomic E-state index is 0.0510. The molecule has 2 bridgehead atoms. The lowest BCUT2D eigenvalue weighted by molar-refractivity contribution is -0.122. The van der Waals surface area contributed by atoms with Gasteiger partial charge in [0.05, 0.1) is 5.41 Å². The summed E-state index contributed by atoms with van der Waals surface area (Å²) in [4.78, 5) is 13.3. The number of carbonyl (C=O) groups excluding carboxylic acids is 1. The van der Waals surface area contributed by atoms with Crippen LogP contribution in [0.1, 0.15) is 75.6 Å². The Morgan fingerprint density at radius 1 is 1.25 bits per heavy atom. The van der Waals surface area contributed by atoms with Gasteiger partial charge in [-0.25, -0.2) is 0 Å². The van der Waals surface area contributed by atoms with Gasteiger partial charge in [0.2, 0.25) is 5.91 Å². The Labute approximate surface area is 171 Å². The third kappa shape index (κ3) is 2.65. The molecule has 0 spiro atoms. The van der Waals surface area contributed by atoms with E-state index in [9.17, 15) is 4.79 Å². The number of carbonyl (C=O) groups is 1. The lowest BCUT2D eigenvalue weighted by Gasteiger charge is -2.41. The van der Waals surface area contributed by atoms with Crippen LogP contribution in [0.25, 0.3) is 6.08 Å². The third-order valence-corrected chi connectivity index (χ3v) is 9.48. The van der Waals surface area contributed by atoms with E-state index in [0.29, 0.717) is 11.8 Å². The first kappa shape index (κ1) is 19.8. The Bertz CT molecular complexity index is 913. The Balaban J connectivity index is 2.05. The van der Waals surface area contributed by atoms with E-state index in [1.165, 1.54) is 39.4 Å². The molecule has 4 rings (SSSR count). The van der Waals surface area contributed by atoms with Crippen molar-refractivity contribution in [2.24, 2.45) is 17.6 Å². The van der Waals surface area contributed by atoms with Gasteiger partial charge in [-0.2, -0.15) is 0 Å². The van der Waals surface area contributed by atoms with Gasteiger partial charge in [-0.3, -0.25) is 4.79 Å². The Morgan fingerprint density at radius 2 is 1.96 bits per heavy atom. The first-order chi connectivity index (χ1) is 13.1. The first-order valence-corrected chi connectivity index (χ1v) is 13.5. The summed E-state index contributed by atoms with van der Waals surface area (Å²) < 4.78 is 0. The van der Waals surface area contributed by atoms with Crippen molar-refractivity contribution in [3.8, 4) is 0 Å². The van der Waals surface area contributed by atoms with Crippen LogP contribution < -0.4 is 5.73 Å². The fourth-order valence-electron chi connectivity index (χ4n) is 6.34. The highest BCUT2D eigenvalue weighted by atomic mass is 28.2. The second-order valence-electron chi connectivity index (χ2n) is 10.5. The zero-order chi connectivity index (χ0) is 20.4.